The normalized spacial score (nSPS) is 14.7. The number of hydrogen-bond donors (Lipinski definition) is 1. The molecule has 1 aromatic carbocycles. The first-order valence-corrected chi connectivity index (χ1v) is 6.42. The lowest BCUT2D eigenvalue weighted by Crippen LogP contribution is -2.42. The molecule has 0 radical (unpaired) electrons. The Morgan fingerprint density at radius 1 is 1.10 bits per heavy atom. The Bertz CT molecular complexity index is 521. The second kappa shape index (κ2) is 6.14. The number of non-ortho nitro benzene ring substituents is 1. The number of anilines is 1. The minimum Gasteiger partial charge on any atom is -0.334 e. The summed E-state index contributed by atoms with van der Waals surface area (Å²) in [5.74, 6) is -1.26. The number of benzene rings is 1. The number of nitrogens with one attached hydrogen (secondary N) is 1. The van der Waals surface area contributed by atoms with Gasteiger partial charge < -0.3 is 10.2 Å². The molecule has 0 bridgehead atoms. The average Bonchev–Trinajstić information content (AvgIpc) is 2.48. The molecule has 7 heteroatoms. The molecule has 7 nitrogen and oxygen atoms in total. The Kier molecular flexibility index (Phi) is 4.29. The van der Waals surface area contributed by atoms with Crippen molar-refractivity contribution >= 4 is 23.2 Å². The highest BCUT2D eigenvalue weighted by Crippen LogP contribution is 2.16. The third kappa shape index (κ3) is 3.31. The van der Waals surface area contributed by atoms with Gasteiger partial charge in [0.15, 0.2) is 0 Å². The quantitative estimate of drug-likeness (QED) is 0.504. The van der Waals surface area contributed by atoms with Crippen molar-refractivity contribution in [1.82, 2.24) is 4.90 Å². The van der Waals surface area contributed by atoms with Gasteiger partial charge in [-0.05, 0) is 31.4 Å². The summed E-state index contributed by atoms with van der Waals surface area (Å²) in [5.41, 5.74) is 0.302. The van der Waals surface area contributed by atoms with Crippen molar-refractivity contribution in [3.05, 3.63) is 34.4 Å². The number of amides is 2. The Hall–Kier alpha value is -2.44. The maximum absolute atomic E-state index is 11.9. The number of nitrogens with zero attached hydrogens (tertiary/aromatic N) is 2. The monoisotopic (exact) mass is 277 g/mol. The molecule has 106 valence electrons. The van der Waals surface area contributed by atoms with E-state index in [-0.39, 0.29) is 5.69 Å². The molecular weight excluding hydrogens is 262 g/mol. The van der Waals surface area contributed by atoms with Gasteiger partial charge in [-0.1, -0.05) is 0 Å². The first-order valence-electron chi connectivity index (χ1n) is 6.42. The van der Waals surface area contributed by atoms with Crippen molar-refractivity contribution in [2.45, 2.75) is 19.3 Å². The van der Waals surface area contributed by atoms with Crippen LogP contribution < -0.4 is 5.32 Å². The van der Waals surface area contributed by atoms with E-state index in [9.17, 15) is 19.7 Å². The Morgan fingerprint density at radius 3 is 2.25 bits per heavy atom. The minimum absolute atomic E-state index is 0.0645. The SMILES string of the molecule is O=C(Nc1ccc([N+](=O)[O-])cc1)C(=O)N1CCCCC1. The van der Waals surface area contributed by atoms with E-state index in [1.165, 1.54) is 29.2 Å². The van der Waals surface area contributed by atoms with E-state index in [2.05, 4.69) is 5.32 Å². The van der Waals surface area contributed by atoms with Gasteiger partial charge in [-0.2, -0.15) is 0 Å². The molecule has 0 aromatic heterocycles. The molecule has 0 atom stereocenters. The van der Waals surface area contributed by atoms with E-state index in [1.807, 2.05) is 0 Å². The zero-order valence-corrected chi connectivity index (χ0v) is 10.9. The number of carbonyl (C=O) groups excluding carboxylic acids is 2. The summed E-state index contributed by atoms with van der Waals surface area (Å²) in [4.78, 5) is 35.2. The van der Waals surface area contributed by atoms with Crippen LogP contribution in [0.1, 0.15) is 19.3 Å². The molecule has 1 N–H and O–H groups in total. The smallest absolute Gasteiger partial charge is 0.313 e. The summed E-state index contributed by atoms with van der Waals surface area (Å²) in [7, 11) is 0. The third-order valence-electron chi connectivity index (χ3n) is 3.17. The van der Waals surface area contributed by atoms with Crippen LogP contribution >= 0.6 is 0 Å². The van der Waals surface area contributed by atoms with Crippen LogP contribution in [-0.4, -0.2) is 34.7 Å². The fourth-order valence-corrected chi connectivity index (χ4v) is 2.09. The van der Waals surface area contributed by atoms with Crippen molar-refractivity contribution in [1.29, 1.82) is 0 Å². The van der Waals surface area contributed by atoms with E-state index in [4.69, 9.17) is 0 Å². The highest BCUT2D eigenvalue weighted by atomic mass is 16.6. The van der Waals surface area contributed by atoms with Gasteiger partial charge in [0.1, 0.15) is 0 Å². The molecule has 1 aromatic rings. The summed E-state index contributed by atoms with van der Waals surface area (Å²) in [5, 5.41) is 13.0. The van der Waals surface area contributed by atoms with Gasteiger partial charge in [0.05, 0.1) is 4.92 Å². The number of likely N-dealkylation sites (tertiary alicyclic amines) is 1. The number of piperidine rings is 1. The zero-order valence-electron chi connectivity index (χ0n) is 10.9. The Morgan fingerprint density at radius 2 is 1.70 bits per heavy atom. The van der Waals surface area contributed by atoms with Gasteiger partial charge in [-0.3, -0.25) is 19.7 Å². The van der Waals surface area contributed by atoms with Gasteiger partial charge in [-0.15, -0.1) is 0 Å². The van der Waals surface area contributed by atoms with Crippen LogP contribution in [0.5, 0.6) is 0 Å². The van der Waals surface area contributed by atoms with Crippen molar-refractivity contribution in [2.24, 2.45) is 0 Å². The van der Waals surface area contributed by atoms with Gasteiger partial charge in [0.2, 0.25) is 0 Å². The predicted molar refractivity (Wildman–Crippen MR) is 72.2 cm³/mol. The summed E-state index contributed by atoms with van der Waals surface area (Å²) >= 11 is 0. The molecule has 1 fully saturated rings. The standard InChI is InChI=1S/C13H15N3O4/c17-12(13(18)15-8-2-1-3-9-15)14-10-4-6-11(7-5-10)16(19)20/h4-7H,1-3,8-9H2,(H,14,17). The lowest BCUT2D eigenvalue weighted by Gasteiger charge is -2.25. The summed E-state index contributed by atoms with van der Waals surface area (Å²) in [6.45, 7) is 1.21. The molecule has 1 heterocycles. The lowest BCUT2D eigenvalue weighted by molar-refractivity contribution is -0.384. The minimum atomic E-state index is -0.708. The van der Waals surface area contributed by atoms with Gasteiger partial charge in [0.25, 0.3) is 5.69 Å². The van der Waals surface area contributed by atoms with Crippen LogP contribution in [0, 0.1) is 10.1 Å². The number of hydrogen-bond acceptors (Lipinski definition) is 4. The lowest BCUT2D eigenvalue weighted by atomic mass is 10.1. The van der Waals surface area contributed by atoms with Crippen LogP contribution in [0.3, 0.4) is 0 Å². The van der Waals surface area contributed by atoms with Crippen molar-refractivity contribution in [2.75, 3.05) is 18.4 Å². The van der Waals surface area contributed by atoms with E-state index < -0.39 is 16.7 Å². The highest BCUT2D eigenvalue weighted by Gasteiger charge is 2.23. The van der Waals surface area contributed by atoms with Crippen LogP contribution in [0.25, 0.3) is 0 Å². The molecule has 0 saturated carbocycles. The molecule has 0 spiro atoms. The van der Waals surface area contributed by atoms with Crippen LogP contribution in [0.15, 0.2) is 24.3 Å². The van der Waals surface area contributed by atoms with Gasteiger partial charge >= 0.3 is 11.8 Å². The fraction of sp³-hybridized carbons (Fsp3) is 0.385. The highest BCUT2D eigenvalue weighted by molar-refractivity contribution is 6.39. The number of nitro benzene ring substituents is 1. The average molecular weight is 277 g/mol. The van der Waals surface area contributed by atoms with Crippen molar-refractivity contribution < 1.29 is 14.5 Å². The van der Waals surface area contributed by atoms with Gasteiger partial charge in [0, 0.05) is 30.9 Å². The molecule has 1 aliphatic heterocycles. The third-order valence-corrected chi connectivity index (χ3v) is 3.17. The van der Waals surface area contributed by atoms with E-state index in [0.717, 1.165) is 19.3 Å². The maximum atomic E-state index is 11.9. The van der Waals surface area contributed by atoms with Crippen LogP contribution in [-0.2, 0) is 9.59 Å². The molecule has 0 aliphatic carbocycles. The zero-order chi connectivity index (χ0) is 14.5. The molecule has 1 saturated heterocycles. The second-order valence-corrected chi connectivity index (χ2v) is 4.61. The molecule has 2 amide bonds. The predicted octanol–water partition coefficient (Wildman–Crippen LogP) is 1.55. The first kappa shape index (κ1) is 14.0. The first-order chi connectivity index (χ1) is 9.58. The molecule has 1 aliphatic rings. The van der Waals surface area contributed by atoms with Gasteiger partial charge in [-0.25, -0.2) is 0 Å². The molecular formula is C13H15N3O4. The largest absolute Gasteiger partial charge is 0.334 e. The maximum Gasteiger partial charge on any atom is 0.313 e. The molecule has 2 rings (SSSR count). The number of carbonyl (C=O) groups is 2. The second-order valence-electron chi connectivity index (χ2n) is 4.61. The van der Waals surface area contributed by atoms with E-state index in [1.54, 1.807) is 0 Å². The Labute approximate surface area is 115 Å². The van der Waals surface area contributed by atoms with Crippen LogP contribution in [0.2, 0.25) is 0 Å². The van der Waals surface area contributed by atoms with Crippen LogP contribution in [0.4, 0.5) is 11.4 Å². The molecule has 20 heavy (non-hydrogen) atoms. The number of rotatable bonds is 2. The molecule has 0 unspecified atom stereocenters. The topological polar surface area (TPSA) is 92.5 Å². The summed E-state index contributed by atoms with van der Waals surface area (Å²) < 4.78 is 0. The van der Waals surface area contributed by atoms with E-state index in [0.29, 0.717) is 18.8 Å². The number of nitro groups is 1. The van der Waals surface area contributed by atoms with Crippen molar-refractivity contribution in [3.63, 3.8) is 0 Å². The Balaban J connectivity index is 1.96. The van der Waals surface area contributed by atoms with E-state index >= 15 is 0 Å². The fourth-order valence-electron chi connectivity index (χ4n) is 2.09. The van der Waals surface area contributed by atoms with Crippen molar-refractivity contribution in [3.8, 4) is 0 Å². The summed E-state index contributed by atoms with van der Waals surface area (Å²) in [6.07, 6.45) is 2.90. The summed E-state index contributed by atoms with van der Waals surface area (Å²) in [6, 6.07) is 5.36.